The fourth-order valence-electron chi connectivity index (χ4n) is 1.97. The minimum atomic E-state index is -0.231. The van der Waals surface area contributed by atoms with Gasteiger partial charge in [-0.3, -0.25) is 4.79 Å². The van der Waals surface area contributed by atoms with Gasteiger partial charge in [-0.05, 0) is 30.4 Å². The summed E-state index contributed by atoms with van der Waals surface area (Å²) in [6, 6.07) is 7.71. The number of ether oxygens (including phenoxy) is 2. The van der Waals surface area contributed by atoms with Crippen molar-refractivity contribution < 1.29 is 14.3 Å². The molecule has 1 fully saturated rings. The van der Waals surface area contributed by atoms with E-state index in [1.807, 2.05) is 36.0 Å². The van der Waals surface area contributed by atoms with Crippen molar-refractivity contribution in [1.82, 2.24) is 0 Å². The molecule has 0 radical (unpaired) electrons. The number of thioether (sulfide) groups is 1. The van der Waals surface area contributed by atoms with Crippen molar-refractivity contribution in [1.29, 1.82) is 0 Å². The number of hydrogen-bond donors (Lipinski definition) is 0. The molecular weight excluding hydrogens is 248 g/mol. The quantitative estimate of drug-likeness (QED) is 0.785. The number of carbonyl (C=O) groups is 1. The number of carbonyl (C=O) groups excluding carboxylic acids is 1. The first-order chi connectivity index (χ1) is 8.79. The first-order valence-corrected chi connectivity index (χ1v) is 7.34. The van der Waals surface area contributed by atoms with Crippen molar-refractivity contribution in [3.8, 4) is 5.75 Å². The fourth-order valence-corrected chi connectivity index (χ4v) is 3.03. The van der Waals surface area contributed by atoms with E-state index in [4.69, 9.17) is 9.47 Å². The number of methoxy groups -OCH3 is 1. The number of hydrogen-bond acceptors (Lipinski definition) is 4. The van der Waals surface area contributed by atoms with Crippen LogP contribution in [0.15, 0.2) is 24.3 Å². The highest BCUT2D eigenvalue weighted by Crippen LogP contribution is 2.25. The number of benzene rings is 1. The highest BCUT2D eigenvalue weighted by molar-refractivity contribution is 7.99. The molecule has 1 aliphatic heterocycles. The molecule has 2 rings (SSSR count). The Kier molecular flexibility index (Phi) is 4.93. The van der Waals surface area contributed by atoms with Gasteiger partial charge in [0.15, 0.2) is 0 Å². The van der Waals surface area contributed by atoms with E-state index in [1.54, 1.807) is 0 Å². The summed E-state index contributed by atoms with van der Waals surface area (Å²) < 4.78 is 10.7. The van der Waals surface area contributed by atoms with Gasteiger partial charge >= 0.3 is 5.97 Å². The highest BCUT2D eigenvalue weighted by atomic mass is 32.2. The Morgan fingerprint density at radius 3 is 2.78 bits per heavy atom. The van der Waals surface area contributed by atoms with Crippen LogP contribution in [0.25, 0.3) is 0 Å². The monoisotopic (exact) mass is 266 g/mol. The Bertz CT molecular complexity index is 400. The molecule has 0 unspecified atom stereocenters. The molecule has 0 bridgehead atoms. The summed E-state index contributed by atoms with van der Waals surface area (Å²) in [7, 11) is 1.41. The zero-order valence-electron chi connectivity index (χ0n) is 10.6. The molecule has 1 aromatic carbocycles. The van der Waals surface area contributed by atoms with Crippen molar-refractivity contribution in [2.75, 3.05) is 18.6 Å². The second-order valence-electron chi connectivity index (χ2n) is 4.29. The van der Waals surface area contributed by atoms with Crippen LogP contribution in [0.5, 0.6) is 5.75 Å². The highest BCUT2D eigenvalue weighted by Gasteiger charge is 2.17. The summed E-state index contributed by atoms with van der Waals surface area (Å²) in [5, 5.41) is 0. The standard InChI is InChI=1S/C14H18O3S/c1-16-14(15)10-11-4-2-3-5-13(11)17-12-6-8-18-9-7-12/h2-5,12H,6-10H2,1H3. The van der Waals surface area contributed by atoms with Crippen LogP contribution < -0.4 is 4.74 Å². The van der Waals surface area contributed by atoms with Gasteiger partial charge in [-0.2, -0.15) is 11.8 Å². The van der Waals surface area contributed by atoms with Crippen molar-refractivity contribution in [3.05, 3.63) is 29.8 Å². The van der Waals surface area contributed by atoms with Crippen molar-refractivity contribution in [3.63, 3.8) is 0 Å². The third kappa shape index (κ3) is 3.67. The van der Waals surface area contributed by atoms with E-state index in [0.717, 1.165) is 35.7 Å². The molecule has 18 heavy (non-hydrogen) atoms. The minimum Gasteiger partial charge on any atom is -0.490 e. The maximum atomic E-state index is 11.3. The predicted molar refractivity (Wildman–Crippen MR) is 73.1 cm³/mol. The zero-order chi connectivity index (χ0) is 12.8. The molecule has 0 atom stereocenters. The minimum absolute atomic E-state index is 0.231. The average molecular weight is 266 g/mol. The molecule has 1 aliphatic rings. The van der Waals surface area contributed by atoms with Crippen LogP contribution in [0.2, 0.25) is 0 Å². The van der Waals surface area contributed by atoms with Gasteiger partial charge in [-0.1, -0.05) is 18.2 Å². The Balaban J connectivity index is 2.04. The van der Waals surface area contributed by atoms with E-state index in [2.05, 4.69) is 0 Å². The molecule has 0 N–H and O–H groups in total. The summed E-state index contributed by atoms with van der Waals surface area (Å²) in [5.74, 6) is 2.90. The molecule has 0 amide bonds. The van der Waals surface area contributed by atoms with E-state index < -0.39 is 0 Å². The molecule has 1 heterocycles. The first kappa shape index (κ1) is 13.3. The smallest absolute Gasteiger partial charge is 0.310 e. The SMILES string of the molecule is COC(=O)Cc1ccccc1OC1CCSCC1. The lowest BCUT2D eigenvalue weighted by atomic mass is 10.1. The van der Waals surface area contributed by atoms with Gasteiger partial charge in [0.25, 0.3) is 0 Å². The number of rotatable bonds is 4. The molecule has 1 aromatic rings. The van der Waals surface area contributed by atoms with Crippen LogP contribution in [0, 0.1) is 0 Å². The maximum absolute atomic E-state index is 11.3. The lowest BCUT2D eigenvalue weighted by Crippen LogP contribution is -2.22. The van der Waals surface area contributed by atoms with Crippen molar-refractivity contribution in [2.45, 2.75) is 25.4 Å². The Labute approximate surface area is 112 Å². The van der Waals surface area contributed by atoms with Crippen molar-refractivity contribution >= 4 is 17.7 Å². The van der Waals surface area contributed by atoms with Gasteiger partial charge in [0.1, 0.15) is 11.9 Å². The summed E-state index contributed by atoms with van der Waals surface area (Å²) in [6.07, 6.45) is 2.72. The van der Waals surface area contributed by atoms with Gasteiger partial charge in [-0.25, -0.2) is 0 Å². The van der Waals surface area contributed by atoms with Gasteiger partial charge in [0.2, 0.25) is 0 Å². The largest absolute Gasteiger partial charge is 0.490 e. The molecule has 4 heteroatoms. The predicted octanol–water partition coefficient (Wildman–Crippen LogP) is 2.68. The van der Waals surface area contributed by atoms with E-state index in [-0.39, 0.29) is 18.5 Å². The first-order valence-electron chi connectivity index (χ1n) is 6.18. The average Bonchev–Trinajstić information content (AvgIpc) is 2.42. The Morgan fingerprint density at radius 2 is 2.06 bits per heavy atom. The van der Waals surface area contributed by atoms with Crippen LogP contribution in [0.3, 0.4) is 0 Å². The molecule has 0 spiro atoms. The number of esters is 1. The molecule has 0 aromatic heterocycles. The zero-order valence-corrected chi connectivity index (χ0v) is 11.4. The molecular formula is C14H18O3S. The van der Waals surface area contributed by atoms with Gasteiger partial charge in [0, 0.05) is 5.56 Å². The van der Waals surface area contributed by atoms with Crippen LogP contribution >= 0.6 is 11.8 Å². The molecule has 0 saturated carbocycles. The molecule has 1 saturated heterocycles. The summed E-state index contributed by atoms with van der Waals surface area (Å²) in [6.45, 7) is 0. The van der Waals surface area contributed by atoms with Crippen LogP contribution in [0.4, 0.5) is 0 Å². The lowest BCUT2D eigenvalue weighted by molar-refractivity contribution is -0.139. The van der Waals surface area contributed by atoms with Gasteiger partial charge in [0.05, 0.1) is 13.5 Å². The van der Waals surface area contributed by atoms with Crippen molar-refractivity contribution in [2.24, 2.45) is 0 Å². The third-order valence-corrected chi connectivity index (χ3v) is 4.05. The Hall–Kier alpha value is -1.16. The second-order valence-corrected chi connectivity index (χ2v) is 5.51. The van der Waals surface area contributed by atoms with E-state index in [9.17, 15) is 4.79 Å². The van der Waals surface area contributed by atoms with Crippen LogP contribution in [-0.2, 0) is 16.0 Å². The molecule has 3 nitrogen and oxygen atoms in total. The summed E-state index contributed by atoms with van der Waals surface area (Å²) in [5.41, 5.74) is 0.905. The summed E-state index contributed by atoms with van der Waals surface area (Å²) in [4.78, 5) is 11.3. The summed E-state index contributed by atoms with van der Waals surface area (Å²) >= 11 is 1.97. The normalized spacial score (nSPS) is 16.3. The van der Waals surface area contributed by atoms with E-state index >= 15 is 0 Å². The Morgan fingerprint density at radius 1 is 1.33 bits per heavy atom. The van der Waals surface area contributed by atoms with Crippen LogP contribution in [-0.4, -0.2) is 30.7 Å². The topological polar surface area (TPSA) is 35.5 Å². The second kappa shape index (κ2) is 6.69. The molecule has 0 aliphatic carbocycles. The third-order valence-electron chi connectivity index (χ3n) is 3.00. The van der Waals surface area contributed by atoms with Gasteiger partial charge < -0.3 is 9.47 Å². The maximum Gasteiger partial charge on any atom is 0.310 e. The number of para-hydroxylation sites is 1. The fraction of sp³-hybridized carbons (Fsp3) is 0.500. The van der Waals surface area contributed by atoms with E-state index in [1.165, 1.54) is 7.11 Å². The van der Waals surface area contributed by atoms with Crippen LogP contribution in [0.1, 0.15) is 18.4 Å². The molecule has 98 valence electrons. The van der Waals surface area contributed by atoms with Gasteiger partial charge in [-0.15, -0.1) is 0 Å². The van der Waals surface area contributed by atoms with E-state index in [0.29, 0.717) is 0 Å². The lowest BCUT2D eigenvalue weighted by Gasteiger charge is -2.24.